The Kier molecular flexibility index (Phi) is 10.1. The van der Waals surface area contributed by atoms with E-state index in [-0.39, 0.29) is 11.8 Å². The highest BCUT2D eigenvalue weighted by Gasteiger charge is 2.20. The Morgan fingerprint density at radius 3 is 2.82 bits per heavy atom. The summed E-state index contributed by atoms with van der Waals surface area (Å²) < 4.78 is 0. The van der Waals surface area contributed by atoms with E-state index in [0.717, 1.165) is 70.8 Å². The van der Waals surface area contributed by atoms with Gasteiger partial charge in [0.05, 0.1) is 0 Å². The number of hydrogen-bond acceptors (Lipinski definition) is 3. The molecule has 0 aromatic heterocycles. The number of hydrogen-bond donors (Lipinski definition) is 2. The van der Waals surface area contributed by atoms with Crippen molar-refractivity contribution in [2.45, 2.75) is 65.2 Å². The number of nitrogens with one attached hydrogen (secondary N) is 2. The number of amides is 2. The van der Waals surface area contributed by atoms with Crippen LogP contribution in [-0.2, 0) is 9.59 Å². The van der Waals surface area contributed by atoms with Crippen molar-refractivity contribution in [1.82, 2.24) is 20.4 Å². The molecular formula is C21H39N5O2. The Hall–Kier alpha value is -1.79. The highest BCUT2D eigenvalue weighted by Crippen LogP contribution is 2.16. The smallest absolute Gasteiger partial charge is 0.224 e. The minimum Gasteiger partial charge on any atom is -0.357 e. The van der Waals surface area contributed by atoms with E-state index in [1.807, 2.05) is 16.7 Å². The van der Waals surface area contributed by atoms with Crippen LogP contribution in [0.1, 0.15) is 65.2 Å². The van der Waals surface area contributed by atoms with Crippen LogP contribution in [0.5, 0.6) is 0 Å². The molecule has 0 spiro atoms. The van der Waals surface area contributed by atoms with Crippen molar-refractivity contribution in [1.29, 1.82) is 0 Å². The van der Waals surface area contributed by atoms with Gasteiger partial charge in [-0.3, -0.25) is 14.6 Å². The summed E-state index contributed by atoms with van der Waals surface area (Å²) >= 11 is 0. The molecule has 160 valence electrons. The molecule has 0 bridgehead atoms. The normalized spacial score (nSPS) is 21.4. The molecule has 1 atom stereocenters. The third kappa shape index (κ3) is 8.07. The molecule has 7 nitrogen and oxygen atoms in total. The number of guanidine groups is 1. The minimum absolute atomic E-state index is 0.231. The summed E-state index contributed by atoms with van der Waals surface area (Å²) in [6.45, 7) is 9.77. The predicted molar refractivity (Wildman–Crippen MR) is 113 cm³/mol. The van der Waals surface area contributed by atoms with Crippen molar-refractivity contribution in [3.8, 4) is 0 Å². The van der Waals surface area contributed by atoms with Crippen LogP contribution in [0.15, 0.2) is 4.99 Å². The van der Waals surface area contributed by atoms with Crippen molar-refractivity contribution in [3.05, 3.63) is 0 Å². The van der Waals surface area contributed by atoms with E-state index < -0.39 is 0 Å². The highest BCUT2D eigenvalue weighted by molar-refractivity contribution is 5.81. The Balaban J connectivity index is 1.68. The van der Waals surface area contributed by atoms with E-state index in [4.69, 9.17) is 0 Å². The molecule has 2 heterocycles. The molecule has 2 N–H and O–H groups in total. The lowest BCUT2D eigenvalue weighted by atomic mass is 10.00. The SMILES string of the molecule is CCNC(=NCCCN1CCCCCC1=O)NCCC(=O)N1CCCC(C)C1. The molecule has 2 rings (SSSR count). The molecule has 2 saturated heterocycles. The molecule has 7 heteroatoms. The topological polar surface area (TPSA) is 77.0 Å². The molecule has 0 radical (unpaired) electrons. The molecule has 2 fully saturated rings. The zero-order valence-corrected chi connectivity index (χ0v) is 17.8. The van der Waals surface area contributed by atoms with E-state index in [1.165, 1.54) is 6.42 Å². The third-order valence-corrected chi connectivity index (χ3v) is 5.51. The van der Waals surface area contributed by atoms with Crippen LogP contribution in [0.4, 0.5) is 0 Å². The van der Waals surface area contributed by atoms with Gasteiger partial charge in [0, 0.05) is 58.7 Å². The first-order valence-electron chi connectivity index (χ1n) is 11.2. The fourth-order valence-corrected chi connectivity index (χ4v) is 3.93. The summed E-state index contributed by atoms with van der Waals surface area (Å²) in [6.07, 6.45) is 7.69. The lowest BCUT2D eigenvalue weighted by Gasteiger charge is -2.31. The lowest BCUT2D eigenvalue weighted by Crippen LogP contribution is -2.42. The van der Waals surface area contributed by atoms with Gasteiger partial charge in [0.1, 0.15) is 0 Å². The molecule has 2 aliphatic heterocycles. The first-order valence-corrected chi connectivity index (χ1v) is 11.2. The maximum atomic E-state index is 12.4. The number of piperidine rings is 1. The fraction of sp³-hybridized carbons (Fsp3) is 0.857. The van der Waals surface area contributed by atoms with Gasteiger partial charge in [-0.25, -0.2) is 0 Å². The van der Waals surface area contributed by atoms with Gasteiger partial charge in [-0.05, 0) is 44.9 Å². The van der Waals surface area contributed by atoms with E-state index in [2.05, 4.69) is 22.5 Å². The molecular weight excluding hydrogens is 354 g/mol. The second-order valence-corrected chi connectivity index (χ2v) is 8.07. The van der Waals surface area contributed by atoms with Crippen LogP contribution >= 0.6 is 0 Å². The van der Waals surface area contributed by atoms with Gasteiger partial charge < -0.3 is 20.4 Å². The molecule has 0 aromatic carbocycles. The average Bonchev–Trinajstić information content (AvgIpc) is 2.89. The number of carbonyl (C=O) groups is 2. The summed E-state index contributed by atoms with van der Waals surface area (Å²) in [4.78, 5) is 33.0. The molecule has 2 aliphatic rings. The van der Waals surface area contributed by atoms with Crippen molar-refractivity contribution in [2.75, 3.05) is 45.8 Å². The van der Waals surface area contributed by atoms with Crippen molar-refractivity contribution in [3.63, 3.8) is 0 Å². The van der Waals surface area contributed by atoms with Crippen LogP contribution in [0.25, 0.3) is 0 Å². The summed E-state index contributed by atoms with van der Waals surface area (Å²) in [5.41, 5.74) is 0. The summed E-state index contributed by atoms with van der Waals surface area (Å²) in [6, 6.07) is 0. The zero-order valence-electron chi connectivity index (χ0n) is 17.8. The van der Waals surface area contributed by atoms with Gasteiger partial charge >= 0.3 is 0 Å². The van der Waals surface area contributed by atoms with E-state index in [1.54, 1.807) is 0 Å². The maximum absolute atomic E-state index is 12.4. The Morgan fingerprint density at radius 2 is 2.04 bits per heavy atom. The highest BCUT2D eigenvalue weighted by atomic mass is 16.2. The lowest BCUT2D eigenvalue weighted by molar-refractivity contribution is -0.133. The summed E-state index contributed by atoms with van der Waals surface area (Å²) in [5.74, 6) is 1.89. The standard InChI is InChI=1S/C21H39N5O2/c1-3-22-21(23-12-8-16-25-14-6-4-5-10-19(25)27)24-13-11-20(28)26-15-7-9-18(2)17-26/h18H,3-17H2,1-2H3,(H2,22,23,24). The maximum Gasteiger partial charge on any atom is 0.224 e. The predicted octanol–water partition coefficient (Wildman–Crippen LogP) is 1.98. The van der Waals surface area contributed by atoms with Gasteiger partial charge in [0.15, 0.2) is 5.96 Å². The first kappa shape index (κ1) is 22.5. The van der Waals surface area contributed by atoms with E-state index >= 15 is 0 Å². The number of likely N-dealkylation sites (tertiary alicyclic amines) is 2. The second-order valence-electron chi connectivity index (χ2n) is 8.07. The van der Waals surface area contributed by atoms with Gasteiger partial charge in [-0.1, -0.05) is 13.3 Å². The number of carbonyl (C=O) groups excluding carboxylic acids is 2. The Labute approximate surface area is 170 Å². The summed E-state index contributed by atoms with van der Waals surface area (Å²) in [7, 11) is 0. The van der Waals surface area contributed by atoms with Gasteiger partial charge in [-0.2, -0.15) is 0 Å². The number of nitrogens with zero attached hydrogens (tertiary/aromatic N) is 3. The van der Waals surface area contributed by atoms with E-state index in [0.29, 0.717) is 31.8 Å². The zero-order chi connectivity index (χ0) is 20.2. The van der Waals surface area contributed by atoms with Crippen LogP contribution in [-0.4, -0.2) is 73.4 Å². The molecule has 0 saturated carbocycles. The van der Waals surface area contributed by atoms with Crippen molar-refractivity contribution >= 4 is 17.8 Å². The largest absolute Gasteiger partial charge is 0.357 e. The number of aliphatic imine (C=N–C) groups is 1. The first-order chi connectivity index (χ1) is 13.6. The molecule has 0 aliphatic carbocycles. The Bertz CT molecular complexity index is 523. The van der Waals surface area contributed by atoms with Crippen molar-refractivity contribution in [2.24, 2.45) is 10.9 Å². The fourth-order valence-electron chi connectivity index (χ4n) is 3.93. The summed E-state index contributed by atoms with van der Waals surface area (Å²) in [5, 5.41) is 6.50. The van der Waals surface area contributed by atoms with Gasteiger partial charge in [0.2, 0.25) is 11.8 Å². The molecule has 1 unspecified atom stereocenters. The molecule has 2 amide bonds. The van der Waals surface area contributed by atoms with Crippen LogP contribution in [0.3, 0.4) is 0 Å². The molecule has 28 heavy (non-hydrogen) atoms. The Morgan fingerprint density at radius 1 is 1.18 bits per heavy atom. The third-order valence-electron chi connectivity index (χ3n) is 5.51. The minimum atomic E-state index is 0.231. The van der Waals surface area contributed by atoms with Crippen molar-refractivity contribution < 1.29 is 9.59 Å². The van der Waals surface area contributed by atoms with Crippen LogP contribution in [0, 0.1) is 5.92 Å². The second kappa shape index (κ2) is 12.6. The molecule has 0 aromatic rings. The van der Waals surface area contributed by atoms with Gasteiger partial charge in [-0.15, -0.1) is 0 Å². The average molecular weight is 394 g/mol. The quantitative estimate of drug-likeness (QED) is 0.376. The van der Waals surface area contributed by atoms with E-state index in [9.17, 15) is 9.59 Å². The number of rotatable bonds is 8. The monoisotopic (exact) mass is 393 g/mol. The van der Waals surface area contributed by atoms with Gasteiger partial charge in [0.25, 0.3) is 0 Å². The van der Waals surface area contributed by atoms with Crippen LogP contribution in [0.2, 0.25) is 0 Å². The van der Waals surface area contributed by atoms with Crippen LogP contribution < -0.4 is 10.6 Å².